The van der Waals surface area contributed by atoms with E-state index in [4.69, 9.17) is 4.74 Å². The van der Waals surface area contributed by atoms with Gasteiger partial charge in [-0.2, -0.15) is 0 Å². The fourth-order valence-corrected chi connectivity index (χ4v) is 2.84. The molecule has 18 heavy (non-hydrogen) atoms. The summed E-state index contributed by atoms with van der Waals surface area (Å²) in [6, 6.07) is 7.54. The molecule has 0 saturated carbocycles. The van der Waals surface area contributed by atoms with Crippen molar-refractivity contribution in [1.82, 2.24) is 0 Å². The highest BCUT2D eigenvalue weighted by atomic mass is 16.5. The van der Waals surface area contributed by atoms with E-state index >= 15 is 0 Å². The molecular formula is C15H18O3. The second kappa shape index (κ2) is 4.92. The van der Waals surface area contributed by atoms with Crippen molar-refractivity contribution in [3.05, 3.63) is 35.4 Å². The molecule has 0 aromatic heterocycles. The van der Waals surface area contributed by atoms with Crippen molar-refractivity contribution >= 4 is 11.8 Å². The molecule has 0 spiro atoms. The molecule has 96 valence electrons. The van der Waals surface area contributed by atoms with Gasteiger partial charge in [0.1, 0.15) is 5.41 Å². The fraction of sp³-hybridized carbons (Fsp3) is 0.467. The summed E-state index contributed by atoms with van der Waals surface area (Å²) >= 11 is 0. The highest BCUT2D eigenvalue weighted by molar-refractivity contribution is 6.14. The molecule has 0 saturated heterocycles. The minimum absolute atomic E-state index is 0.0712. The molecule has 1 aliphatic carbocycles. The number of esters is 1. The maximum atomic E-state index is 12.6. The molecule has 0 aliphatic heterocycles. The van der Waals surface area contributed by atoms with Crippen LogP contribution in [0.25, 0.3) is 0 Å². The van der Waals surface area contributed by atoms with E-state index < -0.39 is 5.41 Å². The van der Waals surface area contributed by atoms with Crippen LogP contribution >= 0.6 is 0 Å². The van der Waals surface area contributed by atoms with Gasteiger partial charge in [0, 0.05) is 5.56 Å². The zero-order chi connectivity index (χ0) is 13.2. The molecular weight excluding hydrogens is 228 g/mol. The lowest BCUT2D eigenvalue weighted by Gasteiger charge is -2.33. The summed E-state index contributed by atoms with van der Waals surface area (Å²) < 4.78 is 4.87. The minimum Gasteiger partial charge on any atom is -0.468 e. The molecule has 0 N–H and O–H groups in total. The normalized spacial score (nSPS) is 22.4. The second-order valence-corrected chi connectivity index (χ2v) is 4.81. The number of hydrogen-bond donors (Lipinski definition) is 0. The van der Waals surface area contributed by atoms with E-state index in [1.807, 2.05) is 31.2 Å². The van der Waals surface area contributed by atoms with E-state index in [1.165, 1.54) is 7.11 Å². The largest absolute Gasteiger partial charge is 0.468 e. The lowest BCUT2D eigenvalue weighted by molar-refractivity contribution is -0.150. The molecule has 0 radical (unpaired) electrons. The number of rotatable bonds is 3. The molecule has 1 atom stereocenters. The number of benzene rings is 1. The second-order valence-electron chi connectivity index (χ2n) is 4.81. The monoisotopic (exact) mass is 246 g/mol. The van der Waals surface area contributed by atoms with Crippen LogP contribution in [0, 0.1) is 5.41 Å². The average Bonchev–Trinajstić information content (AvgIpc) is 2.41. The zero-order valence-electron chi connectivity index (χ0n) is 10.9. The third-order valence-electron chi connectivity index (χ3n) is 3.77. The number of Topliss-reactive ketones (excluding diaryl/α,β-unsaturated/α-hetero) is 1. The van der Waals surface area contributed by atoms with E-state index in [0.717, 1.165) is 18.4 Å². The van der Waals surface area contributed by atoms with Crippen molar-refractivity contribution in [1.29, 1.82) is 0 Å². The minimum atomic E-state index is -0.960. The van der Waals surface area contributed by atoms with Gasteiger partial charge in [-0.15, -0.1) is 0 Å². The lowest BCUT2D eigenvalue weighted by atomic mass is 9.68. The molecule has 0 fully saturated rings. The van der Waals surface area contributed by atoms with Crippen molar-refractivity contribution in [3.8, 4) is 0 Å². The fourth-order valence-electron chi connectivity index (χ4n) is 2.84. The first-order valence-corrected chi connectivity index (χ1v) is 6.37. The Kier molecular flexibility index (Phi) is 3.50. The van der Waals surface area contributed by atoms with Crippen LogP contribution in [-0.4, -0.2) is 18.9 Å². The SMILES string of the molecule is CCCC1(C(=O)OC)CCc2ccccc2C1=O. The first kappa shape index (κ1) is 12.8. The lowest BCUT2D eigenvalue weighted by Crippen LogP contribution is -2.43. The van der Waals surface area contributed by atoms with Gasteiger partial charge >= 0.3 is 5.97 Å². The highest BCUT2D eigenvalue weighted by Crippen LogP contribution is 2.40. The Hall–Kier alpha value is -1.64. The van der Waals surface area contributed by atoms with Gasteiger partial charge in [0.05, 0.1) is 7.11 Å². The number of aryl methyl sites for hydroxylation is 1. The Labute approximate surface area is 107 Å². The van der Waals surface area contributed by atoms with Gasteiger partial charge in [-0.3, -0.25) is 9.59 Å². The number of ether oxygens (including phenoxy) is 1. The van der Waals surface area contributed by atoms with Gasteiger partial charge < -0.3 is 4.74 Å². The summed E-state index contributed by atoms with van der Waals surface area (Å²) in [5, 5.41) is 0. The Balaban J connectivity index is 2.46. The predicted molar refractivity (Wildman–Crippen MR) is 68.5 cm³/mol. The van der Waals surface area contributed by atoms with Gasteiger partial charge in [0.15, 0.2) is 5.78 Å². The Morgan fingerprint density at radius 2 is 2.11 bits per heavy atom. The van der Waals surface area contributed by atoms with Crippen molar-refractivity contribution in [2.24, 2.45) is 5.41 Å². The summed E-state index contributed by atoms with van der Waals surface area (Å²) in [5.41, 5.74) is 0.762. The number of fused-ring (bicyclic) bond motifs is 1. The van der Waals surface area contributed by atoms with Gasteiger partial charge in [-0.25, -0.2) is 0 Å². The van der Waals surface area contributed by atoms with E-state index in [2.05, 4.69) is 0 Å². The molecule has 0 amide bonds. The number of carbonyl (C=O) groups excluding carboxylic acids is 2. The first-order chi connectivity index (χ1) is 8.65. The van der Waals surface area contributed by atoms with Gasteiger partial charge in [-0.05, 0) is 24.8 Å². The van der Waals surface area contributed by atoms with Crippen LogP contribution in [0.5, 0.6) is 0 Å². The number of carbonyl (C=O) groups is 2. The molecule has 1 aliphatic rings. The van der Waals surface area contributed by atoms with Crippen LogP contribution in [0.4, 0.5) is 0 Å². The van der Waals surface area contributed by atoms with Crippen molar-refractivity contribution < 1.29 is 14.3 Å². The van der Waals surface area contributed by atoms with E-state index in [-0.39, 0.29) is 11.8 Å². The van der Waals surface area contributed by atoms with Crippen LogP contribution in [0.3, 0.4) is 0 Å². The third-order valence-corrected chi connectivity index (χ3v) is 3.77. The molecule has 1 unspecified atom stereocenters. The summed E-state index contributed by atoms with van der Waals surface area (Å²) in [4.78, 5) is 24.7. The first-order valence-electron chi connectivity index (χ1n) is 6.37. The van der Waals surface area contributed by atoms with Gasteiger partial charge in [-0.1, -0.05) is 37.6 Å². The predicted octanol–water partition coefficient (Wildman–Crippen LogP) is 2.78. The topological polar surface area (TPSA) is 43.4 Å². The Morgan fingerprint density at radius 3 is 2.78 bits per heavy atom. The summed E-state index contributed by atoms with van der Waals surface area (Å²) in [7, 11) is 1.35. The van der Waals surface area contributed by atoms with Crippen LogP contribution in [-0.2, 0) is 16.0 Å². The number of methoxy groups -OCH3 is 1. The highest BCUT2D eigenvalue weighted by Gasteiger charge is 2.48. The van der Waals surface area contributed by atoms with E-state index in [0.29, 0.717) is 18.4 Å². The van der Waals surface area contributed by atoms with Gasteiger partial charge in [0.25, 0.3) is 0 Å². The van der Waals surface area contributed by atoms with Crippen LogP contribution in [0.2, 0.25) is 0 Å². The molecule has 0 bridgehead atoms. The summed E-state index contributed by atoms with van der Waals surface area (Å²) in [6.07, 6.45) is 2.68. The number of ketones is 1. The summed E-state index contributed by atoms with van der Waals surface area (Å²) in [6.45, 7) is 1.98. The van der Waals surface area contributed by atoms with Crippen molar-refractivity contribution in [3.63, 3.8) is 0 Å². The van der Waals surface area contributed by atoms with Crippen LogP contribution in [0.1, 0.15) is 42.1 Å². The standard InChI is InChI=1S/C15H18O3/c1-3-9-15(14(17)18-2)10-8-11-6-4-5-7-12(11)13(15)16/h4-7H,3,8-10H2,1-2H3. The molecule has 2 rings (SSSR count). The molecule has 3 nitrogen and oxygen atoms in total. The van der Waals surface area contributed by atoms with Crippen LogP contribution < -0.4 is 0 Å². The number of hydrogen-bond acceptors (Lipinski definition) is 3. The summed E-state index contributed by atoms with van der Waals surface area (Å²) in [5.74, 6) is -0.457. The zero-order valence-corrected chi connectivity index (χ0v) is 10.9. The van der Waals surface area contributed by atoms with Crippen molar-refractivity contribution in [2.45, 2.75) is 32.6 Å². The molecule has 1 aromatic carbocycles. The van der Waals surface area contributed by atoms with Crippen LogP contribution in [0.15, 0.2) is 24.3 Å². The van der Waals surface area contributed by atoms with Crippen molar-refractivity contribution in [2.75, 3.05) is 7.11 Å². The smallest absolute Gasteiger partial charge is 0.319 e. The Morgan fingerprint density at radius 1 is 1.39 bits per heavy atom. The molecule has 1 aromatic rings. The quantitative estimate of drug-likeness (QED) is 0.608. The maximum Gasteiger partial charge on any atom is 0.319 e. The maximum absolute atomic E-state index is 12.6. The Bertz CT molecular complexity index is 478. The molecule has 3 heteroatoms. The third kappa shape index (κ3) is 1.84. The average molecular weight is 246 g/mol. The van der Waals surface area contributed by atoms with E-state index in [9.17, 15) is 9.59 Å². The van der Waals surface area contributed by atoms with E-state index in [1.54, 1.807) is 0 Å². The molecule has 0 heterocycles. The van der Waals surface area contributed by atoms with Gasteiger partial charge in [0.2, 0.25) is 0 Å².